The number of unbranched alkanes of at least 4 members (excludes halogenated alkanes) is 2. The Kier molecular flexibility index (Phi) is 6.95. The SMILES string of the molecule is CCCCN(CCCC)Cc1cccc(C)c1. The van der Waals surface area contributed by atoms with Gasteiger partial charge in [-0.3, -0.25) is 4.90 Å². The molecule has 1 rings (SSSR count). The van der Waals surface area contributed by atoms with E-state index in [4.69, 9.17) is 0 Å². The lowest BCUT2D eigenvalue weighted by atomic mass is 10.1. The van der Waals surface area contributed by atoms with Crippen LogP contribution in [0.3, 0.4) is 0 Å². The van der Waals surface area contributed by atoms with Gasteiger partial charge >= 0.3 is 0 Å². The molecule has 0 atom stereocenters. The van der Waals surface area contributed by atoms with E-state index in [1.807, 2.05) is 0 Å². The molecule has 0 saturated heterocycles. The summed E-state index contributed by atoms with van der Waals surface area (Å²) in [4.78, 5) is 2.60. The maximum absolute atomic E-state index is 2.60. The molecule has 0 aliphatic carbocycles. The molecule has 0 aliphatic rings. The van der Waals surface area contributed by atoms with E-state index in [-0.39, 0.29) is 0 Å². The fourth-order valence-electron chi connectivity index (χ4n) is 2.10. The van der Waals surface area contributed by atoms with Gasteiger partial charge in [0.05, 0.1) is 0 Å². The van der Waals surface area contributed by atoms with Crippen molar-refractivity contribution < 1.29 is 0 Å². The van der Waals surface area contributed by atoms with Crippen LogP contribution in [0.4, 0.5) is 0 Å². The van der Waals surface area contributed by atoms with Gasteiger partial charge in [-0.15, -0.1) is 0 Å². The second-order valence-corrected chi connectivity index (χ2v) is 4.97. The van der Waals surface area contributed by atoms with Crippen molar-refractivity contribution in [3.63, 3.8) is 0 Å². The van der Waals surface area contributed by atoms with Gasteiger partial charge < -0.3 is 0 Å². The Morgan fingerprint density at radius 3 is 2.18 bits per heavy atom. The molecule has 0 N–H and O–H groups in total. The molecule has 0 amide bonds. The molecule has 1 heteroatoms. The molecule has 0 spiro atoms. The van der Waals surface area contributed by atoms with Gasteiger partial charge in [0.25, 0.3) is 0 Å². The summed E-state index contributed by atoms with van der Waals surface area (Å²) in [6, 6.07) is 8.90. The monoisotopic (exact) mass is 233 g/mol. The van der Waals surface area contributed by atoms with Crippen LogP contribution >= 0.6 is 0 Å². The molecule has 1 nitrogen and oxygen atoms in total. The molecule has 0 saturated carbocycles. The highest BCUT2D eigenvalue weighted by Crippen LogP contribution is 2.09. The van der Waals surface area contributed by atoms with Gasteiger partial charge in [0.1, 0.15) is 0 Å². The minimum absolute atomic E-state index is 1.11. The highest BCUT2D eigenvalue weighted by atomic mass is 15.1. The summed E-state index contributed by atoms with van der Waals surface area (Å²) >= 11 is 0. The van der Waals surface area contributed by atoms with Crippen molar-refractivity contribution in [1.29, 1.82) is 0 Å². The lowest BCUT2D eigenvalue weighted by Crippen LogP contribution is -2.25. The average molecular weight is 233 g/mol. The van der Waals surface area contributed by atoms with Gasteiger partial charge in [0.2, 0.25) is 0 Å². The van der Waals surface area contributed by atoms with Crippen molar-refractivity contribution in [3.8, 4) is 0 Å². The predicted octanol–water partition coefficient (Wildman–Crippen LogP) is 4.40. The molecule has 1 aromatic carbocycles. The lowest BCUT2D eigenvalue weighted by Gasteiger charge is -2.22. The first-order valence-corrected chi connectivity index (χ1v) is 7.04. The highest BCUT2D eigenvalue weighted by molar-refractivity contribution is 5.22. The van der Waals surface area contributed by atoms with Gasteiger partial charge in [-0.1, -0.05) is 56.5 Å². The first-order valence-electron chi connectivity index (χ1n) is 7.04. The minimum Gasteiger partial charge on any atom is -0.299 e. The van der Waals surface area contributed by atoms with E-state index in [0.29, 0.717) is 0 Å². The second kappa shape index (κ2) is 8.30. The Labute approximate surface area is 107 Å². The molecular weight excluding hydrogens is 206 g/mol. The van der Waals surface area contributed by atoms with E-state index >= 15 is 0 Å². The molecule has 0 radical (unpaired) electrons. The molecule has 0 unspecified atom stereocenters. The van der Waals surface area contributed by atoms with Crippen molar-refractivity contribution in [2.75, 3.05) is 13.1 Å². The zero-order valence-electron chi connectivity index (χ0n) is 11.7. The largest absolute Gasteiger partial charge is 0.299 e. The Hall–Kier alpha value is -0.820. The standard InChI is InChI=1S/C16H27N/c1-4-6-11-17(12-7-5-2)14-16-10-8-9-15(3)13-16/h8-10,13H,4-7,11-12,14H2,1-3H3. The van der Waals surface area contributed by atoms with Crippen LogP contribution in [0.2, 0.25) is 0 Å². The summed E-state index contributed by atoms with van der Waals surface area (Å²) in [5.74, 6) is 0. The Morgan fingerprint density at radius 2 is 1.65 bits per heavy atom. The fraction of sp³-hybridized carbons (Fsp3) is 0.625. The number of rotatable bonds is 8. The van der Waals surface area contributed by atoms with E-state index in [9.17, 15) is 0 Å². The van der Waals surface area contributed by atoms with Crippen LogP contribution in [-0.2, 0) is 6.54 Å². The molecule has 96 valence electrons. The Bertz CT molecular complexity index is 298. The zero-order chi connectivity index (χ0) is 12.5. The maximum atomic E-state index is 2.60. The molecule has 0 fully saturated rings. The topological polar surface area (TPSA) is 3.24 Å². The highest BCUT2D eigenvalue weighted by Gasteiger charge is 2.04. The fourth-order valence-corrected chi connectivity index (χ4v) is 2.10. The van der Waals surface area contributed by atoms with Gasteiger partial charge in [-0.05, 0) is 38.4 Å². The van der Waals surface area contributed by atoms with Crippen molar-refractivity contribution in [1.82, 2.24) is 4.90 Å². The van der Waals surface area contributed by atoms with Gasteiger partial charge in [-0.2, -0.15) is 0 Å². The van der Waals surface area contributed by atoms with Gasteiger partial charge in [0.15, 0.2) is 0 Å². The van der Waals surface area contributed by atoms with E-state index < -0.39 is 0 Å². The molecule has 17 heavy (non-hydrogen) atoms. The molecule has 0 bridgehead atoms. The summed E-state index contributed by atoms with van der Waals surface area (Å²) in [6.07, 6.45) is 5.21. The third kappa shape index (κ3) is 5.88. The first-order chi connectivity index (χ1) is 8.26. The van der Waals surface area contributed by atoms with Crippen LogP contribution in [0.15, 0.2) is 24.3 Å². The van der Waals surface area contributed by atoms with E-state index in [2.05, 4.69) is 49.9 Å². The molecule has 0 aromatic heterocycles. The van der Waals surface area contributed by atoms with Crippen LogP contribution in [0.5, 0.6) is 0 Å². The van der Waals surface area contributed by atoms with E-state index in [1.54, 1.807) is 0 Å². The number of hydrogen-bond donors (Lipinski definition) is 0. The van der Waals surface area contributed by atoms with Crippen LogP contribution in [0.25, 0.3) is 0 Å². The number of aryl methyl sites for hydroxylation is 1. The van der Waals surface area contributed by atoms with Gasteiger partial charge in [-0.25, -0.2) is 0 Å². The number of benzene rings is 1. The van der Waals surface area contributed by atoms with Crippen molar-refractivity contribution in [3.05, 3.63) is 35.4 Å². The first kappa shape index (κ1) is 14.2. The molecular formula is C16H27N. The van der Waals surface area contributed by atoms with E-state index in [1.165, 1.54) is 49.9 Å². The number of nitrogens with zero attached hydrogens (tertiary/aromatic N) is 1. The van der Waals surface area contributed by atoms with Crippen molar-refractivity contribution in [2.45, 2.75) is 53.0 Å². The summed E-state index contributed by atoms with van der Waals surface area (Å²) < 4.78 is 0. The van der Waals surface area contributed by atoms with Crippen molar-refractivity contribution in [2.24, 2.45) is 0 Å². The lowest BCUT2D eigenvalue weighted by molar-refractivity contribution is 0.257. The maximum Gasteiger partial charge on any atom is 0.0233 e. The minimum atomic E-state index is 1.11. The predicted molar refractivity (Wildman–Crippen MR) is 76.3 cm³/mol. The second-order valence-electron chi connectivity index (χ2n) is 4.97. The Balaban J connectivity index is 2.51. The van der Waals surface area contributed by atoms with Crippen molar-refractivity contribution >= 4 is 0 Å². The van der Waals surface area contributed by atoms with Crippen LogP contribution in [0, 0.1) is 6.92 Å². The van der Waals surface area contributed by atoms with Gasteiger partial charge in [0, 0.05) is 6.54 Å². The summed E-state index contributed by atoms with van der Waals surface area (Å²) in [5.41, 5.74) is 2.82. The van der Waals surface area contributed by atoms with Crippen LogP contribution in [-0.4, -0.2) is 18.0 Å². The zero-order valence-corrected chi connectivity index (χ0v) is 11.7. The average Bonchev–Trinajstić information content (AvgIpc) is 2.32. The summed E-state index contributed by atoms with van der Waals surface area (Å²) in [6.45, 7) is 10.3. The normalized spacial score (nSPS) is 11.1. The van der Waals surface area contributed by atoms with Crippen LogP contribution < -0.4 is 0 Å². The Morgan fingerprint density at radius 1 is 1.00 bits per heavy atom. The smallest absolute Gasteiger partial charge is 0.0233 e. The molecule has 0 heterocycles. The summed E-state index contributed by atoms with van der Waals surface area (Å²) in [7, 11) is 0. The van der Waals surface area contributed by atoms with Crippen LogP contribution in [0.1, 0.15) is 50.7 Å². The quantitative estimate of drug-likeness (QED) is 0.643. The van der Waals surface area contributed by atoms with E-state index in [0.717, 1.165) is 6.54 Å². The number of hydrogen-bond acceptors (Lipinski definition) is 1. The third-order valence-corrected chi connectivity index (χ3v) is 3.14. The summed E-state index contributed by atoms with van der Waals surface area (Å²) in [5, 5.41) is 0. The molecule has 1 aromatic rings. The molecule has 0 aliphatic heterocycles. The third-order valence-electron chi connectivity index (χ3n) is 3.14.